The minimum Gasteiger partial charge on any atom is -0.478 e. The Hall–Kier alpha value is -2.76. The molecule has 0 aliphatic carbocycles. The normalized spacial score (nSPS) is 10.2. The lowest BCUT2D eigenvalue weighted by Gasteiger charge is -2.09. The van der Waals surface area contributed by atoms with E-state index in [9.17, 15) is 9.59 Å². The van der Waals surface area contributed by atoms with Crippen molar-refractivity contribution in [2.45, 2.75) is 13.5 Å². The Bertz CT molecular complexity index is 661. The molecule has 104 valence electrons. The van der Waals surface area contributed by atoms with Crippen molar-refractivity contribution in [3.63, 3.8) is 0 Å². The number of furan rings is 1. The molecule has 6 heteroatoms. The molecule has 4 N–H and O–H groups in total. The second-order valence-corrected chi connectivity index (χ2v) is 4.35. The highest BCUT2D eigenvalue weighted by atomic mass is 16.4. The first-order valence-corrected chi connectivity index (χ1v) is 5.92. The van der Waals surface area contributed by atoms with Crippen LogP contribution in [0.25, 0.3) is 0 Å². The van der Waals surface area contributed by atoms with Gasteiger partial charge in [-0.3, -0.25) is 4.79 Å². The van der Waals surface area contributed by atoms with E-state index in [-0.39, 0.29) is 5.56 Å². The smallest absolute Gasteiger partial charge is 0.338 e. The maximum atomic E-state index is 11.0. The average Bonchev–Trinajstić information content (AvgIpc) is 2.86. The number of carboxylic acid groups (broad SMARTS) is 1. The average molecular weight is 274 g/mol. The molecule has 0 unspecified atom stereocenters. The van der Waals surface area contributed by atoms with Gasteiger partial charge < -0.3 is 20.6 Å². The number of hydrogen-bond donors (Lipinski definition) is 3. The molecule has 0 fully saturated rings. The lowest BCUT2D eigenvalue weighted by Crippen LogP contribution is -2.11. The molecule has 2 rings (SSSR count). The quantitative estimate of drug-likeness (QED) is 0.773. The molecule has 0 spiro atoms. The van der Waals surface area contributed by atoms with E-state index in [0.717, 1.165) is 11.3 Å². The highest BCUT2D eigenvalue weighted by Gasteiger charge is 2.09. The number of carbonyl (C=O) groups is 2. The summed E-state index contributed by atoms with van der Waals surface area (Å²) >= 11 is 0. The molecule has 1 aromatic carbocycles. The van der Waals surface area contributed by atoms with Crippen molar-refractivity contribution >= 4 is 17.6 Å². The van der Waals surface area contributed by atoms with Gasteiger partial charge in [0.1, 0.15) is 12.0 Å². The van der Waals surface area contributed by atoms with Crippen LogP contribution >= 0.6 is 0 Å². The summed E-state index contributed by atoms with van der Waals surface area (Å²) in [7, 11) is 0. The summed E-state index contributed by atoms with van der Waals surface area (Å²) in [5.74, 6) is -0.987. The van der Waals surface area contributed by atoms with Crippen molar-refractivity contribution < 1.29 is 19.1 Å². The van der Waals surface area contributed by atoms with Crippen LogP contribution in [0.2, 0.25) is 0 Å². The van der Waals surface area contributed by atoms with Crippen LogP contribution in [0.4, 0.5) is 5.69 Å². The van der Waals surface area contributed by atoms with Crippen LogP contribution in [0.3, 0.4) is 0 Å². The first-order chi connectivity index (χ1) is 9.47. The van der Waals surface area contributed by atoms with Gasteiger partial charge in [-0.2, -0.15) is 0 Å². The van der Waals surface area contributed by atoms with Crippen molar-refractivity contribution in [2.24, 2.45) is 5.73 Å². The van der Waals surface area contributed by atoms with E-state index >= 15 is 0 Å². The first kappa shape index (κ1) is 13.7. The number of aryl methyl sites for hydroxylation is 1. The number of primary amides is 1. The standard InChI is InChI=1S/C14H14N2O4/c1-8-4-9(13(15)17)2-3-12(8)16-6-11-5-10(7-20-11)14(18)19/h2-5,7,16H,6H2,1H3,(H2,15,17)(H,18,19). The number of aromatic carboxylic acids is 1. The topological polar surface area (TPSA) is 106 Å². The van der Waals surface area contributed by atoms with E-state index in [1.54, 1.807) is 18.2 Å². The van der Waals surface area contributed by atoms with E-state index in [0.29, 0.717) is 17.9 Å². The summed E-state index contributed by atoms with van der Waals surface area (Å²) in [6.45, 7) is 2.20. The summed E-state index contributed by atoms with van der Waals surface area (Å²) in [6, 6.07) is 6.52. The highest BCUT2D eigenvalue weighted by Crippen LogP contribution is 2.18. The van der Waals surface area contributed by atoms with Crippen LogP contribution in [0.5, 0.6) is 0 Å². The van der Waals surface area contributed by atoms with Crippen LogP contribution in [-0.2, 0) is 6.54 Å². The predicted molar refractivity (Wildman–Crippen MR) is 72.7 cm³/mol. The van der Waals surface area contributed by atoms with Gasteiger partial charge in [-0.25, -0.2) is 4.79 Å². The first-order valence-electron chi connectivity index (χ1n) is 5.92. The molecule has 0 saturated heterocycles. The van der Waals surface area contributed by atoms with Crippen molar-refractivity contribution in [3.8, 4) is 0 Å². The van der Waals surface area contributed by atoms with Gasteiger partial charge in [-0.15, -0.1) is 0 Å². The second kappa shape index (κ2) is 5.48. The van der Waals surface area contributed by atoms with Crippen molar-refractivity contribution in [1.82, 2.24) is 0 Å². The fraction of sp³-hybridized carbons (Fsp3) is 0.143. The third-order valence-electron chi connectivity index (χ3n) is 2.86. The zero-order valence-electron chi connectivity index (χ0n) is 10.8. The molecule has 0 saturated carbocycles. The Morgan fingerprint density at radius 1 is 1.30 bits per heavy atom. The summed E-state index contributed by atoms with van der Waals surface area (Å²) in [4.78, 5) is 21.8. The Morgan fingerprint density at radius 2 is 2.05 bits per heavy atom. The lowest BCUT2D eigenvalue weighted by molar-refractivity contribution is 0.0696. The number of benzene rings is 1. The fourth-order valence-electron chi connectivity index (χ4n) is 1.78. The van der Waals surface area contributed by atoms with Gasteiger partial charge in [0.2, 0.25) is 5.91 Å². The van der Waals surface area contributed by atoms with E-state index in [1.807, 2.05) is 6.92 Å². The number of amides is 1. The van der Waals surface area contributed by atoms with Gasteiger partial charge in [0.15, 0.2) is 0 Å². The van der Waals surface area contributed by atoms with Crippen LogP contribution in [0.15, 0.2) is 34.9 Å². The Balaban J connectivity index is 2.06. The van der Waals surface area contributed by atoms with Gasteiger partial charge in [-0.1, -0.05) is 0 Å². The number of anilines is 1. The summed E-state index contributed by atoms with van der Waals surface area (Å²) < 4.78 is 5.13. The zero-order valence-corrected chi connectivity index (χ0v) is 10.8. The molecule has 0 bridgehead atoms. The monoisotopic (exact) mass is 274 g/mol. The zero-order chi connectivity index (χ0) is 14.7. The Kier molecular flexibility index (Phi) is 3.74. The van der Waals surface area contributed by atoms with E-state index in [1.165, 1.54) is 12.3 Å². The number of nitrogens with two attached hydrogens (primary N) is 1. The molecule has 0 atom stereocenters. The van der Waals surface area contributed by atoms with Crippen LogP contribution in [0, 0.1) is 6.92 Å². The highest BCUT2D eigenvalue weighted by molar-refractivity contribution is 5.93. The molecule has 1 heterocycles. The molecule has 6 nitrogen and oxygen atoms in total. The van der Waals surface area contributed by atoms with E-state index in [2.05, 4.69) is 5.32 Å². The third-order valence-corrected chi connectivity index (χ3v) is 2.86. The molecule has 0 aliphatic rings. The molecule has 20 heavy (non-hydrogen) atoms. The Morgan fingerprint density at radius 3 is 2.60 bits per heavy atom. The van der Waals surface area contributed by atoms with Crippen molar-refractivity contribution in [2.75, 3.05) is 5.32 Å². The van der Waals surface area contributed by atoms with Crippen LogP contribution < -0.4 is 11.1 Å². The van der Waals surface area contributed by atoms with Crippen molar-refractivity contribution in [1.29, 1.82) is 0 Å². The fourth-order valence-corrected chi connectivity index (χ4v) is 1.78. The molecule has 0 aliphatic heterocycles. The molecule has 0 radical (unpaired) electrons. The molecule has 1 amide bonds. The number of hydrogen-bond acceptors (Lipinski definition) is 4. The molecule has 1 aromatic heterocycles. The molecule has 2 aromatic rings. The SMILES string of the molecule is Cc1cc(C(N)=O)ccc1NCc1cc(C(=O)O)co1. The largest absolute Gasteiger partial charge is 0.478 e. The van der Waals surface area contributed by atoms with Crippen molar-refractivity contribution in [3.05, 3.63) is 53.0 Å². The van der Waals surface area contributed by atoms with E-state index < -0.39 is 11.9 Å². The number of carbonyl (C=O) groups excluding carboxylic acids is 1. The summed E-state index contributed by atoms with van der Waals surface area (Å²) in [6.07, 6.45) is 1.20. The minimum atomic E-state index is -1.03. The van der Waals surface area contributed by atoms with E-state index in [4.69, 9.17) is 15.3 Å². The number of carboxylic acids is 1. The van der Waals surface area contributed by atoms with Gasteiger partial charge in [-0.05, 0) is 36.8 Å². The van der Waals surface area contributed by atoms with Gasteiger partial charge in [0.25, 0.3) is 0 Å². The minimum absolute atomic E-state index is 0.114. The van der Waals surface area contributed by atoms with Gasteiger partial charge >= 0.3 is 5.97 Å². The van der Waals surface area contributed by atoms with Gasteiger partial charge in [0.05, 0.1) is 12.1 Å². The maximum Gasteiger partial charge on any atom is 0.338 e. The molecular formula is C14H14N2O4. The number of nitrogens with one attached hydrogen (secondary N) is 1. The summed E-state index contributed by atoms with van der Waals surface area (Å²) in [5.41, 5.74) is 7.45. The number of rotatable bonds is 5. The summed E-state index contributed by atoms with van der Waals surface area (Å²) in [5, 5.41) is 11.9. The van der Waals surface area contributed by atoms with Crippen LogP contribution in [0.1, 0.15) is 32.0 Å². The Labute approximate surface area is 115 Å². The lowest BCUT2D eigenvalue weighted by atomic mass is 10.1. The van der Waals surface area contributed by atoms with Crippen LogP contribution in [-0.4, -0.2) is 17.0 Å². The third kappa shape index (κ3) is 2.97. The molecular weight excluding hydrogens is 260 g/mol. The maximum absolute atomic E-state index is 11.0. The van der Waals surface area contributed by atoms with Gasteiger partial charge in [0, 0.05) is 11.3 Å². The second-order valence-electron chi connectivity index (χ2n) is 4.35. The predicted octanol–water partition coefficient (Wildman–Crippen LogP) is 2.00.